The van der Waals surface area contributed by atoms with Crippen LogP contribution in [0.2, 0.25) is 0 Å². The SMILES string of the molecule is CCCO/N=C(/C)c1ccc[n+]([O-])c1. The van der Waals surface area contributed by atoms with Crippen LogP contribution in [0.4, 0.5) is 0 Å². The summed E-state index contributed by atoms with van der Waals surface area (Å²) in [6, 6.07) is 3.50. The van der Waals surface area contributed by atoms with E-state index in [0.29, 0.717) is 12.3 Å². The quantitative estimate of drug-likeness (QED) is 0.239. The highest BCUT2D eigenvalue weighted by Gasteiger charge is 2.01. The Balaban J connectivity index is 2.68. The zero-order valence-corrected chi connectivity index (χ0v) is 8.43. The molecule has 0 bridgehead atoms. The summed E-state index contributed by atoms with van der Waals surface area (Å²) in [4.78, 5) is 5.02. The van der Waals surface area contributed by atoms with Crippen molar-refractivity contribution in [3.05, 3.63) is 35.3 Å². The fourth-order valence-corrected chi connectivity index (χ4v) is 0.955. The molecule has 0 saturated heterocycles. The lowest BCUT2D eigenvalue weighted by atomic mass is 10.2. The Morgan fingerprint density at radius 2 is 2.43 bits per heavy atom. The van der Waals surface area contributed by atoms with Crippen molar-refractivity contribution in [1.82, 2.24) is 0 Å². The molecule has 0 atom stereocenters. The van der Waals surface area contributed by atoms with Crippen molar-refractivity contribution in [3.8, 4) is 0 Å². The van der Waals surface area contributed by atoms with Gasteiger partial charge in [-0.15, -0.1) is 0 Å². The van der Waals surface area contributed by atoms with E-state index in [4.69, 9.17) is 4.84 Å². The molecular formula is C10H14N2O2. The molecule has 14 heavy (non-hydrogen) atoms. The first-order chi connectivity index (χ1) is 6.74. The van der Waals surface area contributed by atoms with E-state index >= 15 is 0 Å². The first-order valence-electron chi connectivity index (χ1n) is 4.59. The molecule has 1 heterocycles. The van der Waals surface area contributed by atoms with Gasteiger partial charge < -0.3 is 10.0 Å². The molecule has 0 radical (unpaired) electrons. The van der Waals surface area contributed by atoms with Crippen LogP contribution in [0.15, 0.2) is 29.7 Å². The van der Waals surface area contributed by atoms with Gasteiger partial charge in [0.25, 0.3) is 0 Å². The lowest BCUT2D eigenvalue weighted by molar-refractivity contribution is -0.605. The van der Waals surface area contributed by atoms with Gasteiger partial charge in [-0.05, 0) is 19.4 Å². The minimum atomic E-state index is 0.599. The van der Waals surface area contributed by atoms with E-state index in [1.807, 2.05) is 19.9 Å². The summed E-state index contributed by atoms with van der Waals surface area (Å²) < 4.78 is 0.744. The van der Waals surface area contributed by atoms with Crippen LogP contribution >= 0.6 is 0 Å². The van der Waals surface area contributed by atoms with Crippen LogP contribution in [0.25, 0.3) is 0 Å². The fourth-order valence-electron chi connectivity index (χ4n) is 0.955. The summed E-state index contributed by atoms with van der Waals surface area (Å²) >= 11 is 0. The van der Waals surface area contributed by atoms with E-state index in [2.05, 4.69) is 5.16 Å². The Morgan fingerprint density at radius 3 is 3.07 bits per heavy atom. The fraction of sp³-hybridized carbons (Fsp3) is 0.400. The van der Waals surface area contributed by atoms with Gasteiger partial charge in [0.05, 0.1) is 11.3 Å². The van der Waals surface area contributed by atoms with Crippen molar-refractivity contribution >= 4 is 5.71 Å². The van der Waals surface area contributed by atoms with Crippen LogP contribution in [0, 0.1) is 5.21 Å². The molecular weight excluding hydrogens is 180 g/mol. The van der Waals surface area contributed by atoms with Gasteiger partial charge >= 0.3 is 0 Å². The molecule has 0 saturated carbocycles. The second kappa shape index (κ2) is 5.21. The average Bonchev–Trinajstić information content (AvgIpc) is 2.18. The molecule has 0 amide bonds. The van der Waals surface area contributed by atoms with Crippen LogP contribution in [0.3, 0.4) is 0 Å². The van der Waals surface area contributed by atoms with Gasteiger partial charge in [0.15, 0.2) is 12.4 Å². The largest absolute Gasteiger partial charge is 0.619 e. The van der Waals surface area contributed by atoms with Gasteiger partial charge in [0, 0.05) is 6.07 Å². The molecule has 1 aromatic heterocycles. The Morgan fingerprint density at radius 1 is 1.64 bits per heavy atom. The molecule has 4 heteroatoms. The lowest BCUT2D eigenvalue weighted by Gasteiger charge is -2.01. The number of pyridine rings is 1. The van der Waals surface area contributed by atoms with Gasteiger partial charge in [-0.3, -0.25) is 0 Å². The third kappa shape index (κ3) is 3.05. The summed E-state index contributed by atoms with van der Waals surface area (Å²) in [6.07, 6.45) is 3.82. The molecule has 0 N–H and O–H groups in total. The van der Waals surface area contributed by atoms with Crippen LogP contribution < -0.4 is 4.73 Å². The molecule has 76 valence electrons. The van der Waals surface area contributed by atoms with Crippen molar-refractivity contribution in [2.75, 3.05) is 6.61 Å². The van der Waals surface area contributed by atoms with Crippen molar-refractivity contribution in [2.45, 2.75) is 20.3 Å². The summed E-state index contributed by atoms with van der Waals surface area (Å²) in [5, 5.41) is 14.8. The number of rotatable bonds is 4. The highest BCUT2D eigenvalue weighted by atomic mass is 16.6. The van der Waals surface area contributed by atoms with Gasteiger partial charge in [-0.25, -0.2) is 0 Å². The van der Waals surface area contributed by atoms with Crippen molar-refractivity contribution in [2.24, 2.45) is 5.16 Å². The lowest BCUT2D eigenvalue weighted by Crippen LogP contribution is -2.25. The molecule has 0 aliphatic heterocycles. The molecule has 1 aromatic rings. The topological polar surface area (TPSA) is 48.5 Å². The van der Waals surface area contributed by atoms with Crippen LogP contribution in [-0.2, 0) is 4.84 Å². The summed E-state index contributed by atoms with van der Waals surface area (Å²) in [5.74, 6) is 0. The molecule has 1 rings (SSSR count). The van der Waals surface area contributed by atoms with Gasteiger partial charge in [-0.2, -0.15) is 4.73 Å². The molecule has 0 aliphatic carbocycles. The van der Waals surface area contributed by atoms with E-state index in [0.717, 1.165) is 16.7 Å². The second-order valence-electron chi connectivity index (χ2n) is 2.96. The Kier molecular flexibility index (Phi) is 3.91. The minimum absolute atomic E-state index is 0.599. The van der Waals surface area contributed by atoms with E-state index in [9.17, 15) is 5.21 Å². The number of hydrogen-bond donors (Lipinski definition) is 0. The summed E-state index contributed by atoms with van der Waals surface area (Å²) in [5.41, 5.74) is 1.49. The Labute approximate surface area is 83.4 Å². The minimum Gasteiger partial charge on any atom is -0.619 e. The predicted molar refractivity (Wildman–Crippen MR) is 53.9 cm³/mol. The predicted octanol–water partition coefficient (Wildman–Crippen LogP) is 1.47. The van der Waals surface area contributed by atoms with E-state index in [1.165, 1.54) is 12.4 Å². The van der Waals surface area contributed by atoms with Gasteiger partial charge in [0.2, 0.25) is 0 Å². The van der Waals surface area contributed by atoms with E-state index in [1.54, 1.807) is 6.07 Å². The molecule has 0 spiro atoms. The maximum Gasteiger partial charge on any atom is 0.189 e. The van der Waals surface area contributed by atoms with Crippen molar-refractivity contribution < 1.29 is 9.57 Å². The Hall–Kier alpha value is -1.58. The molecule has 0 aromatic carbocycles. The highest BCUT2D eigenvalue weighted by molar-refractivity contribution is 5.97. The molecule has 4 nitrogen and oxygen atoms in total. The third-order valence-corrected chi connectivity index (χ3v) is 1.69. The zero-order valence-electron chi connectivity index (χ0n) is 8.43. The average molecular weight is 194 g/mol. The smallest absolute Gasteiger partial charge is 0.189 e. The van der Waals surface area contributed by atoms with Crippen molar-refractivity contribution in [1.29, 1.82) is 0 Å². The molecule has 0 fully saturated rings. The third-order valence-electron chi connectivity index (χ3n) is 1.69. The first kappa shape index (κ1) is 10.5. The van der Waals surface area contributed by atoms with Crippen LogP contribution in [0.1, 0.15) is 25.8 Å². The standard InChI is InChI=1S/C10H14N2O2/c1-3-7-14-11-9(2)10-5-4-6-12(13)8-10/h4-6,8H,3,7H2,1-2H3/b11-9-. The van der Waals surface area contributed by atoms with Crippen LogP contribution in [0.5, 0.6) is 0 Å². The van der Waals surface area contributed by atoms with Crippen LogP contribution in [-0.4, -0.2) is 12.3 Å². The van der Waals surface area contributed by atoms with E-state index in [-0.39, 0.29) is 0 Å². The van der Waals surface area contributed by atoms with Crippen molar-refractivity contribution in [3.63, 3.8) is 0 Å². The summed E-state index contributed by atoms with van der Waals surface area (Å²) in [6.45, 7) is 4.42. The number of hydrogen-bond acceptors (Lipinski definition) is 3. The number of oxime groups is 1. The first-order valence-corrected chi connectivity index (χ1v) is 4.59. The Bertz CT molecular complexity index is 324. The van der Waals surface area contributed by atoms with Gasteiger partial charge in [0.1, 0.15) is 6.61 Å². The normalized spacial score (nSPS) is 11.4. The van der Waals surface area contributed by atoms with Gasteiger partial charge in [-0.1, -0.05) is 12.1 Å². The van der Waals surface area contributed by atoms with E-state index < -0.39 is 0 Å². The second-order valence-corrected chi connectivity index (χ2v) is 2.96. The number of aromatic nitrogens is 1. The molecule has 0 unspecified atom stereocenters. The maximum atomic E-state index is 10.9. The zero-order chi connectivity index (χ0) is 10.4. The molecule has 0 aliphatic rings. The highest BCUT2D eigenvalue weighted by Crippen LogP contribution is 1.98. The monoisotopic (exact) mass is 194 g/mol. The number of nitrogens with zero attached hydrogens (tertiary/aromatic N) is 2. The summed E-state index contributed by atoms with van der Waals surface area (Å²) in [7, 11) is 0. The maximum absolute atomic E-state index is 10.9.